The van der Waals surface area contributed by atoms with Crippen LogP contribution >= 0.6 is 0 Å². The molecule has 0 N–H and O–H groups in total. The molecule has 0 fully saturated rings. The minimum absolute atomic E-state index is 0.0919. The van der Waals surface area contributed by atoms with E-state index in [2.05, 4.69) is 106 Å². The zero-order valence-corrected chi connectivity index (χ0v) is 41.8. The first kappa shape index (κ1) is 60.6. The van der Waals surface area contributed by atoms with Gasteiger partial charge in [-0.3, -0.25) is 14.4 Å². The molecule has 6 nitrogen and oxygen atoms in total. The summed E-state index contributed by atoms with van der Waals surface area (Å²) in [7, 11) is 0. The van der Waals surface area contributed by atoms with E-state index in [0.29, 0.717) is 12.8 Å². The van der Waals surface area contributed by atoms with Gasteiger partial charge in [0.15, 0.2) is 6.10 Å². The number of unbranched alkanes of at least 4 members (excludes halogenated alkanes) is 22. The average Bonchev–Trinajstić information content (AvgIpc) is 3.29. The first-order valence-corrected chi connectivity index (χ1v) is 26.6. The van der Waals surface area contributed by atoms with Gasteiger partial charge in [-0.2, -0.15) is 0 Å². The maximum Gasteiger partial charge on any atom is 0.306 e. The van der Waals surface area contributed by atoms with Crippen molar-refractivity contribution in [3.63, 3.8) is 0 Å². The molecule has 1 atom stereocenters. The van der Waals surface area contributed by atoms with E-state index in [1.165, 1.54) is 103 Å². The van der Waals surface area contributed by atoms with E-state index in [4.69, 9.17) is 14.2 Å². The Balaban J connectivity index is 4.26. The first-order chi connectivity index (χ1) is 31.5. The second kappa shape index (κ2) is 52.2. The highest BCUT2D eigenvalue weighted by Gasteiger charge is 2.19. The summed E-state index contributed by atoms with van der Waals surface area (Å²) >= 11 is 0. The van der Waals surface area contributed by atoms with Crippen molar-refractivity contribution < 1.29 is 28.6 Å². The maximum atomic E-state index is 12.8. The van der Waals surface area contributed by atoms with Gasteiger partial charge in [0.1, 0.15) is 13.2 Å². The van der Waals surface area contributed by atoms with Crippen LogP contribution in [0.15, 0.2) is 85.1 Å². The van der Waals surface area contributed by atoms with E-state index in [-0.39, 0.29) is 37.5 Å². The van der Waals surface area contributed by atoms with Crippen LogP contribution < -0.4 is 0 Å². The number of allylic oxidation sites excluding steroid dienone is 14. The number of carbonyl (C=O) groups excluding carboxylic acids is 3. The van der Waals surface area contributed by atoms with Crippen LogP contribution in [0.2, 0.25) is 0 Å². The van der Waals surface area contributed by atoms with Gasteiger partial charge in [0.2, 0.25) is 0 Å². The van der Waals surface area contributed by atoms with Crippen molar-refractivity contribution in [2.75, 3.05) is 13.2 Å². The molecule has 0 aromatic heterocycles. The summed E-state index contributed by atoms with van der Waals surface area (Å²) in [6.07, 6.45) is 67.4. The van der Waals surface area contributed by atoms with E-state index in [1.54, 1.807) is 0 Å². The quantitative estimate of drug-likeness (QED) is 0.0262. The normalized spacial score (nSPS) is 12.7. The molecule has 0 aromatic carbocycles. The molecule has 0 aromatic rings. The third kappa shape index (κ3) is 49.6. The Bertz CT molecular complexity index is 1250. The summed E-state index contributed by atoms with van der Waals surface area (Å²) in [6.45, 7) is 6.42. The minimum atomic E-state index is -0.792. The SMILES string of the molecule is CC/C=C\C/C=C\C/C=C\C/C=C\C/C=C\CCCCCC(=O)OC(COC(=O)CCCCCCCC)COC(=O)CCCCCCCCCCC/C=C\C/C=C\CCCCCCC. The van der Waals surface area contributed by atoms with E-state index in [0.717, 1.165) is 103 Å². The fraction of sp³-hybridized carbons (Fsp3) is 0.707. The third-order valence-electron chi connectivity index (χ3n) is 11.1. The molecule has 0 aliphatic heterocycles. The second-order valence-electron chi connectivity index (χ2n) is 17.4. The fourth-order valence-electron chi connectivity index (χ4n) is 7.15. The fourth-order valence-corrected chi connectivity index (χ4v) is 7.15. The van der Waals surface area contributed by atoms with Crippen LogP contribution in [0, 0.1) is 0 Å². The molecule has 6 heteroatoms. The Morgan fingerprint density at radius 3 is 0.969 bits per heavy atom. The van der Waals surface area contributed by atoms with Crippen molar-refractivity contribution in [3.8, 4) is 0 Å². The van der Waals surface area contributed by atoms with Gasteiger partial charge in [-0.15, -0.1) is 0 Å². The highest BCUT2D eigenvalue weighted by Crippen LogP contribution is 2.14. The Kier molecular flexibility index (Phi) is 49.4. The number of hydrogen-bond donors (Lipinski definition) is 0. The van der Waals surface area contributed by atoms with Crippen molar-refractivity contribution >= 4 is 17.9 Å². The second-order valence-corrected chi connectivity index (χ2v) is 17.4. The van der Waals surface area contributed by atoms with E-state index >= 15 is 0 Å². The van der Waals surface area contributed by atoms with Crippen molar-refractivity contribution in [3.05, 3.63) is 85.1 Å². The lowest BCUT2D eigenvalue weighted by Gasteiger charge is -2.18. The van der Waals surface area contributed by atoms with Gasteiger partial charge in [0, 0.05) is 19.3 Å². The molecule has 1 unspecified atom stereocenters. The minimum Gasteiger partial charge on any atom is -0.462 e. The predicted molar refractivity (Wildman–Crippen MR) is 274 cm³/mol. The average molecular weight is 891 g/mol. The van der Waals surface area contributed by atoms with E-state index in [9.17, 15) is 14.4 Å². The molecule has 0 amide bonds. The molecule has 366 valence electrons. The van der Waals surface area contributed by atoms with Gasteiger partial charge in [0.25, 0.3) is 0 Å². The van der Waals surface area contributed by atoms with E-state index < -0.39 is 6.10 Å². The molecule has 0 radical (unpaired) electrons. The largest absolute Gasteiger partial charge is 0.462 e. The predicted octanol–water partition coefficient (Wildman–Crippen LogP) is 17.6. The molecular formula is C58H98O6. The Morgan fingerprint density at radius 1 is 0.328 bits per heavy atom. The first-order valence-electron chi connectivity index (χ1n) is 26.6. The zero-order chi connectivity index (χ0) is 46.5. The van der Waals surface area contributed by atoms with Crippen molar-refractivity contribution in [2.45, 2.75) is 252 Å². The van der Waals surface area contributed by atoms with Gasteiger partial charge in [-0.25, -0.2) is 0 Å². The Hall–Kier alpha value is -3.41. The smallest absolute Gasteiger partial charge is 0.306 e. The Labute approximate surface area is 395 Å². The molecule has 0 aliphatic rings. The van der Waals surface area contributed by atoms with Crippen molar-refractivity contribution in [2.24, 2.45) is 0 Å². The lowest BCUT2D eigenvalue weighted by Crippen LogP contribution is -2.30. The number of ether oxygens (including phenoxy) is 3. The van der Waals surface area contributed by atoms with Crippen LogP contribution in [-0.2, 0) is 28.6 Å². The van der Waals surface area contributed by atoms with Crippen LogP contribution in [-0.4, -0.2) is 37.2 Å². The summed E-state index contributed by atoms with van der Waals surface area (Å²) in [5, 5.41) is 0. The lowest BCUT2D eigenvalue weighted by atomic mass is 10.1. The Morgan fingerprint density at radius 2 is 0.609 bits per heavy atom. The summed E-state index contributed by atoms with van der Waals surface area (Å²) in [4.78, 5) is 37.8. The third-order valence-corrected chi connectivity index (χ3v) is 11.1. The molecule has 0 saturated heterocycles. The number of carbonyl (C=O) groups is 3. The van der Waals surface area contributed by atoms with Gasteiger partial charge in [0.05, 0.1) is 0 Å². The zero-order valence-electron chi connectivity index (χ0n) is 41.8. The molecule has 0 spiro atoms. The van der Waals surface area contributed by atoms with Crippen LogP contribution in [0.1, 0.15) is 245 Å². The van der Waals surface area contributed by atoms with Gasteiger partial charge < -0.3 is 14.2 Å². The molecule has 0 rings (SSSR count). The maximum absolute atomic E-state index is 12.8. The molecule has 0 heterocycles. The summed E-state index contributed by atoms with van der Waals surface area (Å²) in [6, 6.07) is 0. The number of esters is 3. The molecular weight excluding hydrogens is 793 g/mol. The molecule has 64 heavy (non-hydrogen) atoms. The van der Waals surface area contributed by atoms with Gasteiger partial charge >= 0.3 is 17.9 Å². The highest BCUT2D eigenvalue weighted by atomic mass is 16.6. The lowest BCUT2D eigenvalue weighted by molar-refractivity contribution is -0.167. The molecule has 0 saturated carbocycles. The topological polar surface area (TPSA) is 78.9 Å². The van der Waals surface area contributed by atoms with Gasteiger partial charge in [-0.05, 0) is 96.3 Å². The number of rotatable bonds is 47. The highest BCUT2D eigenvalue weighted by molar-refractivity contribution is 5.71. The summed E-state index contributed by atoms with van der Waals surface area (Å²) < 4.78 is 16.7. The van der Waals surface area contributed by atoms with Crippen LogP contribution in [0.4, 0.5) is 0 Å². The summed E-state index contributed by atoms with van der Waals surface area (Å²) in [5.74, 6) is -0.938. The van der Waals surface area contributed by atoms with E-state index in [1.807, 2.05) is 0 Å². The molecule has 0 aliphatic carbocycles. The monoisotopic (exact) mass is 891 g/mol. The summed E-state index contributed by atoms with van der Waals surface area (Å²) in [5.41, 5.74) is 0. The van der Waals surface area contributed by atoms with Crippen LogP contribution in [0.5, 0.6) is 0 Å². The van der Waals surface area contributed by atoms with Crippen molar-refractivity contribution in [1.29, 1.82) is 0 Å². The standard InChI is InChI=1S/C58H98O6/c1-4-7-10-13-16-18-20-22-24-26-28-29-31-32-34-36-38-40-42-45-48-51-57(60)63-54-55(53-62-56(59)50-47-44-15-12-9-6-3)64-58(61)52-49-46-43-41-39-37-35-33-30-27-25-23-21-19-17-14-11-8-5-2/h8,11,17,19-20,22-23,25-26,28,30,33,37,39,55H,4-7,9-10,12-16,18,21,24,27,29,31-32,34-36,38,40-54H2,1-3H3/b11-8-,19-17-,22-20-,25-23-,28-26-,33-30-,39-37-. The molecule has 0 bridgehead atoms. The number of hydrogen-bond acceptors (Lipinski definition) is 6. The van der Waals surface area contributed by atoms with Crippen LogP contribution in [0.3, 0.4) is 0 Å². The van der Waals surface area contributed by atoms with Crippen molar-refractivity contribution in [1.82, 2.24) is 0 Å². The van der Waals surface area contributed by atoms with Gasteiger partial charge in [-0.1, -0.05) is 215 Å². The van der Waals surface area contributed by atoms with Crippen LogP contribution in [0.25, 0.3) is 0 Å².